The van der Waals surface area contributed by atoms with Crippen LogP contribution in [0.1, 0.15) is 71.6 Å². The highest BCUT2D eigenvalue weighted by atomic mass is 32.2. The molecule has 17 heavy (non-hydrogen) atoms. The van der Waals surface area contributed by atoms with Crippen LogP contribution in [0.3, 0.4) is 0 Å². The summed E-state index contributed by atoms with van der Waals surface area (Å²) in [7, 11) is 0. The number of nitrogens with one attached hydrogen (secondary N) is 1. The van der Waals surface area contributed by atoms with E-state index < -0.39 is 0 Å². The van der Waals surface area contributed by atoms with Crippen LogP contribution in [0, 0.1) is 0 Å². The lowest BCUT2D eigenvalue weighted by molar-refractivity contribution is 0.453. The van der Waals surface area contributed by atoms with Crippen molar-refractivity contribution in [3.05, 3.63) is 0 Å². The third-order valence-electron chi connectivity index (χ3n) is 3.32. The van der Waals surface area contributed by atoms with Crippen LogP contribution in [0.15, 0.2) is 0 Å². The van der Waals surface area contributed by atoms with E-state index in [-0.39, 0.29) is 0 Å². The molecule has 0 rings (SSSR count). The Kier molecular flexibility index (Phi) is 14.6. The number of thioether (sulfide) groups is 1. The van der Waals surface area contributed by atoms with Gasteiger partial charge >= 0.3 is 0 Å². The molecule has 0 aliphatic rings. The molecule has 0 saturated heterocycles. The van der Waals surface area contributed by atoms with E-state index in [4.69, 9.17) is 0 Å². The van der Waals surface area contributed by atoms with Crippen molar-refractivity contribution < 1.29 is 0 Å². The van der Waals surface area contributed by atoms with E-state index in [1.165, 1.54) is 63.5 Å². The van der Waals surface area contributed by atoms with Gasteiger partial charge in [-0.05, 0) is 31.4 Å². The molecule has 0 aromatic heterocycles. The van der Waals surface area contributed by atoms with Gasteiger partial charge in [0.05, 0.1) is 0 Å². The van der Waals surface area contributed by atoms with Gasteiger partial charge in [0.25, 0.3) is 0 Å². The summed E-state index contributed by atoms with van der Waals surface area (Å²) in [5.74, 6) is 1.30. The molecule has 0 aliphatic heterocycles. The lowest BCUT2D eigenvalue weighted by Crippen LogP contribution is -2.29. The van der Waals surface area contributed by atoms with Gasteiger partial charge in [0.1, 0.15) is 0 Å². The van der Waals surface area contributed by atoms with E-state index in [9.17, 15) is 0 Å². The largest absolute Gasteiger partial charge is 0.314 e. The summed E-state index contributed by atoms with van der Waals surface area (Å²) in [6, 6.07) is 0.767. The van der Waals surface area contributed by atoms with Crippen molar-refractivity contribution in [3.63, 3.8) is 0 Å². The van der Waals surface area contributed by atoms with Crippen molar-refractivity contribution in [2.24, 2.45) is 0 Å². The predicted molar refractivity (Wildman–Crippen MR) is 83.1 cm³/mol. The van der Waals surface area contributed by atoms with Gasteiger partial charge in [-0.1, -0.05) is 58.8 Å². The van der Waals surface area contributed by atoms with E-state index >= 15 is 0 Å². The Morgan fingerprint density at radius 2 is 1.53 bits per heavy atom. The van der Waals surface area contributed by atoms with Crippen molar-refractivity contribution in [2.75, 3.05) is 18.6 Å². The van der Waals surface area contributed by atoms with Crippen LogP contribution in [0.5, 0.6) is 0 Å². The molecule has 0 fully saturated rings. The van der Waals surface area contributed by atoms with Gasteiger partial charge in [0.2, 0.25) is 0 Å². The van der Waals surface area contributed by atoms with Gasteiger partial charge in [0, 0.05) is 6.04 Å². The second-order valence-electron chi connectivity index (χ2n) is 4.95. The summed E-state index contributed by atoms with van der Waals surface area (Å²) in [5, 5.41) is 3.62. The molecular weight excluding hydrogens is 226 g/mol. The zero-order valence-corrected chi connectivity index (χ0v) is 13.1. The Bertz CT molecular complexity index is 139. The van der Waals surface area contributed by atoms with E-state index in [1.807, 2.05) is 11.8 Å². The second kappa shape index (κ2) is 14.4. The van der Waals surface area contributed by atoms with Crippen molar-refractivity contribution >= 4 is 11.8 Å². The Labute approximate surface area is 114 Å². The summed E-state index contributed by atoms with van der Waals surface area (Å²) >= 11 is 1.97. The number of hydrogen-bond donors (Lipinski definition) is 1. The fourth-order valence-electron chi connectivity index (χ4n) is 2.25. The van der Waals surface area contributed by atoms with Crippen LogP contribution in [0.25, 0.3) is 0 Å². The first-order valence-corrected chi connectivity index (χ1v) is 8.96. The summed E-state index contributed by atoms with van der Waals surface area (Å²) in [6.45, 7) is 5.62. The van der Waals surface area contributed by atoms with Gasteiger partial charge in [-0.15, -0.1) is 0 Å². The van der Waals surface area contributed by atoms with Crippen LogP contribution in [-0.4, -0.2) is 24.6 Å². The Morgan fingerprint density at radius 3 is 2.12 bits per heavy atom. The first-order valence-electron chi connectivity index (χ1n) is 7.57. The maximum Gasteiger partial charge on any atom is 0.00748 e. The molecule has 0 aromatic rings. The minimum atomic E-state index is 0.767. The molecular formula is C15H33NS. The monoisotopic (exact) mass is 259 g/mol. The average molecular weight is 260 g/mol. The molecule has 104 valence electrons. The standard InChI is InChI=1S/C15H33NS/c1-4-6-7-8-9-10-11-12-15(16-5-2)13-14-17-3/h15-16H,4-14H2,1-3H3. The van der Waals surface area contributed by atoms with Crippen LogP contribution < -0.4 is 5.32 Å². The van der Waals surface area contributed by atoms with Crippen LogP contribution in [0.4, 0.5) is 0 Å². The molecule has 0 saturated carbocycles. The SMILES string of the molecule is CCCCCCCCCC(CCSC)NCC. The number of hydrogen-bond acceptors (Lipinski definition) is 2. The van der Waals surface area contributed by atoms with Crippen molar-refractivity contribution in [1.82, 2.24) is 5.32 Å². The van der Waals surface area contributed by atoms with Gasteiger partial charge in [-0.3, -0.25) is 0 Å². The van der Waals surface area contributed by atoms with Crippen molar-refractivity contribution in [1.29, 1.82) is 0 Å². The summed E-state index contributed by atoms with van der Waals surface area (Å²) in [5.41, 5.74) is 0. The Balaban J connectivity index is 3.34. The Morgan fingerprint density at radius 1 is 0.882 bits per heavy atom. The van der Waals surface area contributed by atoms with E-state index in [0.29, 0.717) is 0 Å². The zero-order valence-electron chi connectivity index (χ0n) is 12.3. The molecule has 1 unspecified atom stereocenters. The topological polar surface area (TPSA) is 12.0 Å². The maximum atomic E-state index is 3.62. The maximum absolute atomic E-state index is 3.62. The zero-order chi connectivity index (χ0) is 12.8. The van der Waals surface area contributed by atoms with Crippen LogP contribution >= 0.6 is 11.8 Å². The quantitative estimate of drug-likeness (QED) is 0.474. The molecule has 1 atom stereocenters. The van der Waals surface area contributed by atoms with Gasteiger partial charge in [-0.2, -0.15) is 11.8 Å². The molecule has 1 N–H and O–H groups in total. The molecule has 0 amide bonds. The van der Waals surface area contributed by atoms with E-state index in [1.54, 1.807) is 0 Å². The van der Waals surface area contributed by atoms with Gasteiger partial charge in [0.15, 0.2) is 0 Å². The summed E-state index contributed by atoms with van der Waals surface area (Å²) in [6.07, 6.45) is 14.9. The van der Waals surface area contributed by atoms with E-state index in [0.717, 1.165) is 12.6 Å². The third-order valence-corrected chi connectivity index (χ3v) is 3.96. The third kappa shape index (κ3) is 12.6. The molecule has 0 aromatic carbocycles. The molecule has 0 bridgehead atoms. The minimum absolute atomic E-state index is 0.767. The smallest absolute Gasteiger partial charge is 0.00748 e. The molecule has 0 spiro atoms. The fraction of sp³-hybridized carbons (Fsp3) is 1.00. The first-order chi connectivity index (χ1) is 8.35. The molecule has 0 radical (unpaired) electrons. The van der Waals surface area contributed by atoms with Crippen LogP contribution in [0.2, 0.25) is 0 Å². The lowest BCUT2D eigenvalue weighted by Gasteiger charge is -2.17. The molecule has 1 nitrogen and oxygen atoms in total. The predicted octanol–water partition coefficient (Wildman–Crippen LogP) is 4.86. The summed E-state index contributed by atoms with van der Waals surface area (Å²) < 4.78 is 0. The van der Waals surface area contributed by atoms with Gasteiger partial charge in [-0.25, -0.2) is 0 Å². The normalized spacial score (nSPS) is 12.9. The lowest BCUT2D eigenvalue weighted by atomic mass is 10.0. The van der Waals surface area contributed by atoms with Crippen molar-refractivity contribution in [3.8, 4) is 0 Å². The Hall–Kier alpha value is 0.310. The van der Waals surface area contributed by atoms with Crippen LogP contribution in [-0.2, 0) is 0 Å². The van der Waals surface area contributed by atoms with Crippen molar-refractivity contribution in [2.45, 2.75) is 77.7 Å². The fourth-order valence-corrected chi connectivity index (χ4v) is 2.77. The molecule has 0 aliphatic carbocycles. The summed E-state index contributed by atoms with van der Waals surface area (Å²) in [4.78, 5) is 0. The highest BCUT2D eigenvalue weighted by molar-refractivity contribution is 7.98. The average Bonchev–Trinajstić information content (AvgIpc) is 2.34. The molecule has 0 heterocycles. The minimum Gasteiger partial charge on any atom is -0.314 e. The highest BCUT2D eigenvalue weighted by Crippen LogP contribution is 2.12. The number of unbranched alkanes of at least 4 members (excludes halogenated alkanes) is 6. The highest BCUT2D eigenvalue weighted by Gasteiger charge is 2.05. The van der Waals surface area contributed by atoms with Gasteiger partial charge < -0.3 is 5.32 Å². The number of rotatable bonds is 13. The first kappa shape index (κ1) is 17.3. The van der Waals surface area contributed by atoms with E-state index in [2.05, 4.69) is 25.4 Å². The second-order valence-corrected chi connectivity index (χ2v) is 5.93. The molecule has 2 heteroatoms.